The summed E-state index contributed by atoms with van der Waals surface area (Å²) in [6, 6.07) is 12.1. The number of likely N-dealkylation sites (N-methyl/N-ethyl adjacent to an activating group) is 1. The molecule has 0 radical (unpaired) electrons. The van der Waals surface area contributed by atoms with Crippen LogP contribution in [0.4, 0.5) is 0 Å². The number of carbonyl (C=O) groups excluding carboxylic acids is 3. The monoisotopic (exact) mass is 410 g/mol. The molecule has 0 unspecified atom stereocenters. The third-order valence-corrected chi connectivity index (χ3v) is 6.24. The van der Waals surface area contributed by atoms with E-state index in [-0.39, 0.29) is 16.9 Å². The van der Waals surface area contributed by atoms with E-state index in [9.17, 15) is 19.6 Å². The average Bonchev–Trinajstić information content (AvgIpc) is 3.31. The van der Waals surface area contributed by atoms with Gasteiger partial charge in [-0.2, -0.15) is 5.26 Å². The molecule has 1 amide bonds. The van der Waals surface area contributed by atoms with Crippen molar-refractivity contribution in [2.45, 2.75) is 37.6 Å². The second-order valence-corrected chi connectivity index (χ2v) is 8.03. The average molecular weight is 410 g/mol. The van der Waals surface area contributed by atoms with Crippen LogP contribution in [0.25, 0.3) is 0 Å². The number of ketones is 1. The summed E-state index contributed by atoms with van der Waals surface area (Å²) in [4.78, 5) is 39.8. The molecule has 0 N–H and O–H groups in total. The number of esters is 1. The van der Waals surface area contributed by atoms with Gasteiger partial charge in [0.25, 0.3) is 5.91 Å². The molecule has 0 bridgehead atoms. The van der Waals surface area contributed by atoms with E-state index in [1.54, 1.807) is 42.8 Å². The number of amides is 1. The van der Waals surface area contributed by atoms with Crippen molar-refractivity contribution in [3.05, 3.63) is 57.8 Å². The Labute approximate surface area is 173 Å². The maximum absolute atomic E-state index is 12.7. The van der Waals surface area contributed by atoms with Crippen molar-refractivity contribution in [3.63, 3.8) is 0 Å². The number of nitriles is 1. The van der Waals surface area contributed by atoms with Gasteiger partial charge in [0.1, 0.15) is 5.54 Å². The highest BCUT2D eigenvalue weighted by Gasteiger charge is 2.39. The van der Waals surface area contributed by atoms with Crippen molar-refractivity contribution < 1.29 is 19.1 Å². The summed E-state index contributed by atoms with van der Waals surface area (Å²) in [7, 11) is 1.58. The number of ether oxygens (including phenoxy) is 1. The summed E-state index contributed by atoms with van der Waals surface area (Å²) < 4.78 is 5.21. The van der Waals surface area contributed by atoms with Gasteiger partial charge in [0, 0.05) is 12.6 Å². The Hall–Kier alpha value is -2.98. The van der Waals surface area contributed by atoms with E-state index in [4.69, 9.17) is 4.74 Å². The summed E-state index contributed by atoms with van der Waals surface area (Å²) in [5, 5.41) is 11.4. The normalized spacial score (nSPS) is 15.2. The van der Waals surface area contributed by atoms with Gasteiger partial charge in [-0.3, -0.25) is 9.59 Å². The first kappa shape index (κ1) is 20.7. The highest BCUT2D eigenvalue weighted by molar-refractivity contribution is 7.12. The van der Waals surface area contributed by atoms with Gasteiger partial charge in [0.15, 0.2) is 6.61 Å². The van der Waals surface area contributed by atoms with Gasteiger partial charge in [-0.15, -0.1) is 11.3 Å². The van der Waals surface area contributed by atoms with Gasteiger partial charge in [-0.05, 0) is 30.4 Å². The number of thiophene rings is 1. The van der Waals surface area contributed by atoms with Crippen LogP contribution in [-0.4, -0.2) is 41.8 Å². The van der Waals surface area contributed by atoms with Gasteiger partial charge in [0.05, 0.1) is 16.5 Å². The first-order valence-corrected chi connectivity index (χ1v) is 10.4. The van der Waals surface area contributed by atoms with Crippen molar-refractivity contribution in [1.82, 2.24) is 4.90 Å². The molecule has 1 saturated carbocycles. The summed E-state index contributed by atoms with van der Waals surface area (Å²) >= 11 is 1.29. The zero-order chi connectivity index (χ0) is 20.9. The lowest BCUT2D eigenvalue weighted by molar-refractivity contribution is -0.138. The van der Waals surface area contributed by atoms with Crippen LogP contribution in [0, 0.1) is 11.3 Å². The van der Waals surface area contributed by atoms with Crippen molar-refractivity contribution in [1.29, 1.82) is 5.26 Å². The van der Waals surface area contributed by atoms with Crippen molar-refractivity contribution in [2.24, 2.45) is 0 Å². The fourth-order valence-corrected chi connectivity index (χ4v) is 4.28. The second-order valence-electron chi connectivity index (χ2n) is 7.08. The van der Waals surface area contributed by atoms with E-state index >= 15 is 0 Å². The quantitative estimate of drug-likeness (QED) is 0.534. The number of rotatable bonds is 6. The van der Waals surface area contributed by atoms with Crippen LogP contribution in [0.1, 0.15) is 57.7 Å². The van der Waals surface area contributed by atoms with E-state index < -0.39 is 24.0 Å². The summed E-state index contributed by atoms with van der Waals surface area (Å²) in [6.07, 6.45) is 4.08. The third kappa shape index (κ3) is 4.38. The van der Waals surface area contributed by atoms with E-state index in [2.05, 4.69) is 6.07 Å². The Kier molecular flexibility index (Phi) is 6.45. The number of benzene rings is 1. The molecule has 0 atom stereocenters. The molecule has 1 aliphatic rings. The Balaban J connectivity index is 1.69. The first-order valence-electron chi connectivity index (χ1n) is 9.51. The summed E-state index contributed by atoms with van der Waals surface area (Å²) in [5.41, 5.74) is -0.482. The Morgan fingerprint density at radius 3 is 2.41 bits per heavy atom. The smallest absolute Gasteiger partial charge is 0.339 e. The largest absolute Gasteiger partial charge is 0.452 e. The van der Waals surface area contributed by atoms with Crippen LogP contribution < -0.4 is 0 Å². The molecular formula is C22H22N2O4S. The molecule has 0 spiro atoms. The minimum Gasteiger partial charge on any atom is -0.452 e. The molecule has 0 aliphatic heterocycles. The van der Waals surface area contributed by atoms with Crippen LogP contribution >= 0.6 is 11.3 Å². The Morgan fingerprint density at radius 1 is 1.10 bits per heavy atom. The predicted octanol–water partition coefficient (Wildman–Crippen LogP) is 3.82. The van der Waals surface area contributed by atoms with Gasteiger partial charge < -0.3 is 9.64 Å². The number of hydrogen-bond acceptors (Lipinski definition) is 6. The predicted molar refractivity (Wildman–Crippen MR) is 109 cm³/mol. The third-order valence-electron chi connectivity index (χ3n) is 5.37. The van der Waals surface area contributed by atoms with Gasteiger partial charge in [-0.1, -0.05) is 43.5 Å². The molecule has 3 rings (SSSR count). The van der Waals surface area contributed by atoms with E-state index in [1.807, 2.05) is 0 Å². The van der Waals surface area contributed by atoms with Crippen LogP contribution in [-0.2, 0) is 9.53 Å². The maximum Gasteiger partial charge on any atom is 0.339 e. The topological polar surface area (TPSA) is 87.5 Å². The van der Waals surface area contributed by atoms with Gasteiger partial charge >= 0.3 is 5.97 Å². The fourth-order valence-electron chi connectivity index (χ4n) is 3.60. The number of nitrogens with zero attached hydrogens (tertiary/aromatic N) is 2. The van der Waals surface area contributed by atoms with Crippen LogP contribution in [0.15, 0.2) is 41.8 Å². The first-order chi connectivity index (χ1) is 14.0. The van der Waals surface area contributed by atoms with E-state index in [0.717, 1.165) is 19.3 Å². The molecule has 1 aromatic heterocycles. The van der Waals surface area contributed by atoms with Gasteiger partial charge in [0.2, 0.25) is 5.78 Å². The molecule has 29 heavy (non-hydrogen) atoms. The fraction of sp³-hybridized carbons (Fsp3) is 0.364. The molecule has 1 aliphatic carbocycles. The zero-order valence-corrected chi connectivity index (χ0v) is 17.0. The minimum absolute atomic E-state index is 0.119. The SMILES string of the molecule is CN(C(=O)COC(=O)c1ccccc1C(=O)c1cccs1)C1(C#N)CCCCC1. The van der Waals surface area contributed by atoms with Crippen molar-refractivity contribution in [2.75, 3.05) is 13.7 Å². The van der Waals surface area contributed by atoms with Crippen LogP contribution in [0.3, 0.4) is 0 Å². The summed E-state index contributed by atoms with van der Waals surface area (Å²) in [5.74, 6) is -1.42. The molecule has 1 heterocycles. The van der Waals surface area contributed by atoms with Crippen molar-refractivity contribution in [3.8, 4) is 6.07 Å². The Bertz CT molecular complexity index is 940. The molecule has 1 fully saturated rings. The highest BCUT2D eigenvalue weighted by Crippen LogP contribution is 2.32. The molecule has 0 saturated heterocycles. The second kappa shape index (κ2) is 9.01. The maximum atomic E-state index is 12.7. The lowest BCUT2D eigenvalue weighted by Gasteiger charge is -2.38. The van der Waals surface area contributed by atoms with E-state index in [0.29, 0.717) is 17.7 Å². The molecule has 6 nitrogen and oxygen atoms in total. The van der Waals surface area contributed by atoms with Crippen molar-refractivity contribution >= 4 is 29.0 Å². The molecule has 2 aromatic rings. The number of carbonyl (C=O) groups is 3. The lowest BCUT2D eigenvalue weighted by atomic mass is 9.81. The van der Waals surface area contributed by atoms with E-state index in [1.165, 1.54) is 22.3 Å². The summed E-state index contributed by atoms with van der Waals surface area (Å²) in [6.45, 7) is -0.472. The molecule has 150 valence electrons. The van der Waals surface area contributed by atoms with Gasteiger partial charge in [-0.25, -0.2) is 4.79 Å². The zero-order valence-electron chi connectivity index (χ0n) is 16.2. The molecule has 7 heteroatoms. The molecular weight excluding hydrogens is 388 g/mol. The minimum atomic E-state index is -0.839. The standard InChI is InChI=1S/C22H22N2O4S/c1-24(22(15-23)11-5-2-6-12-22)19(25)14-28-21(27)17-9-4-3-8-16(17)20(26)18-10-7-13-29-18/h3-4,7-10,13H,2,5-6,11-12,14H2,1H3. The molecule has 1 aromatic carbocycles. The van der Waals surface area contributed by atoms with Crippen LogP contribution in [0.5, 0.6) is 0 Å². The highest BCUT2D eigenvalue weighted by atomic mass is 32.1. The lowest BCUT2D eigenvalue weighted by Crippen LogP contribution is -2.51. The number of hydrogen-bond donors (Lipinski definition) is 0. The Morgan fingerprint density at radius 2 is 1.79 bits per heavy atom. The van der Waals surface area contributed by atoms with Crippen LogP contribution in [0.2, 0.25) is 0 Å².